The third-order valence-electron chi connectivity index (χ3n) is 3.09. The fraction of sp³-hybridized carbons (Fsp3) is 0. The standard InChI is InChI=1S/C15H11FN4O2/c16-11-7-3-1-5-9(11)14(21)19-20-15(22)13-10-6-2-4-8-12(10)17-18-13/h1-8H,(H,17,18)(H,19,21)(H,20,22). The topological polar surface area (TPSA) is 86.9 Å². The van der Waals surface area contributed by atoms with Crippen molar-refractivity contribution in [2.24, 2.45) is 0 Å². The molecule has 0 aliphatic heterocycles. The number of hydrogen-bond acceptors (Lipinski definition) is 3. The second kappa shape index (κ2) is 5.65. The third kappa shape index (κ3) is 2.51. The molecule has 22 heavy (non-hydrogen) atoms. The fourth-order valence-electron chi connectivity index (χ4n) is 2.02. The first-order chi connectivity index (χ1) is 10.7. The van der Waals surface area contributed by atoms with Crippen LogP contribution in [0.2, 0.25) is 0 Å². The van der Waals surface area contributed by atoms with Crippen molar-refractivity contribution in [1.82, 2.24) is 21.0 Å². The normalized spacial score (nSPS) is 10.4. The largest absolute Gasteiger partial charge is 0.290 e. The molecule has 0 fully saturated rings. The van der Waals surface area contributed by atoms with E-state index >= 15 is 0 Å². The number of nitrogens with zero attached hydrogens (tertiary/aromatic N) is 1. The molecular formula is C15H11FN4O2. The molecule has 110 valence electrons. The van der Waals surface area contributed by atoms with Crippen LogP contribution < -0.4 is 10.9 Å². The van der Waals surface area contributed by atoms with E-state index in [0.29, 0.717) is 10.9 Å². The molecule has 0 bridgehead atoms. The van der Waals surface area contributed by atoms with Gasteiger partial charge in [-0.1, -0.05) is 30.3 Å². The number of fused-ring (bicyclic) bond motifs is 1. The van der Waals surface area contributed by atoms with Gasteiger partial charge < -0.3 is 0 Å². The second-order valence-corrected chi connectivity index (χ2v) is 4.51. The molecule has 0 saturated carbocycles. The van der Waals surface area contributed by atoms with Gasteiger partial charge in [-0.2, -0.15) is 5.10 Å². The summed E-state index contributed by atoms with van der Waals surface area (Å²) < 4.78 is 13.5. The SMILES string of the molecule is O=C(NNC(=O)c1n[nH]c2ccccc12)c1ccccc1F. The van der Waals surface area contributed by atoms with E-state index in [0.717, 1.165) is 6.07 Å². The monoisotopic (exact) mass is 298 g/mol. The number of amides is 2. The molecule has 3 N–H and O–H groups in total. The number of hydrazine groups is 1. The maximum absolute atomic E-state index is 13.5. The zero-order valence-electron chi connectivity index (χ0n) is 11.3. The van der Waals surface area contributed by atoms with E-state index in [4.69, 9.17) is 0 Å². The number of hydrogen-bond donors (Lipinski definition) is 3. The highest BCUT2D eigenvalue weighted by molar-refractivity contribution is 6.05. The molecular weight excluding hydrogens is 287 g/mol. The fourth-order valence-corrected chi connectivity index (χ4v) is 2.02. The van der Waals surface area contributed by atoms with Crippen LogP contribution in [-0.2, 0) is 0 Å². The number of benzene rings is 2. The summed E-state index contributed by atoms with van der Waals surface area (Å²) in [5.41, 5.74) is 5.06. The zero-order valence-corrected chi connectivity index (χ0v) is 11.3. The minimum atomic E-state index is -0.744. The number of aromatic amines is 1. The zero-order chi connectivity index (χ0) is 15.5. The van der Waals surface area contributed by atoms with Gasteiger partial charge in [0.1, 0.15) is 5.82 Å². The molecule has 0 aliphatic rings. The summed E-state index contributed by atoms with van der Waals surface area (Å²) >= 11 is 0. The van der Waals surface area contributed by atoms with Gasteiger partial charge in [-0.05, 0) is 18.2 Å². The van der Waals surface area contributed by atoms with Gasteiger partial charge in [0.25, 0.3) is 11.8 Å². The molecule has 0 aliphatic carbocycles. The average Bonchev–Trinajstić information content (AvgIpc) is 2.97. The molecule has 1 heterocycles. The summed E-state index contributed by atoms with van der Waals surface area (Å²) in [7, 11) is 0. The predicted octanol–water partition coefficient (Wildman–Crippen LogP) is 1.78. The van der Waals surface area contributed by atoms with Gasteiger partial charge >= 0.3 is 0 Å². The lowest BCUT2D eigenvalue weighted by molar-refractivity contribution is 0.0842. The van der Waals surface area contributed by atoms with Crippen molar-refractivity contribution >= 4 is 22.7 Å². The summed E-state index contributed by atoms with van der Waals surface area (Å²) in [6, 6.07) is 12.6. The first kappa shape index (κ1) is 13.7. The van der Waals surface area contributed by atoms with Crippen LogP contribution in [0.3, 0.4) is 0 Å². The van der Waals surface area contributed by atoms with Crippen molar-refractivity contribution in [2.75, 3.05) is 0 Å². The van der Waals surface area contributed by atoms with Crippen LogP contribution >= 0.6 is 0 Å². The summed E-state index contributed by atoms with van der Waals surface area (Å²) in [5, 5.41) is 7.24. The van der Waals surface area contributed by atoms with E-state index in [9.17, 15) is 14.0 Å². The van der Waals surface area contributed by atoms with Crippen molar-refractivity contribution in [1.29, 1.82) is 0 Å². The molecule has 0 unspecified atom stereocenters. The molecule has 0 radical (unpaired) electrons. The molecule has 6 nitrogen and oxygen atoms in total. The number of rotatable bonds is 2. The Morgan fingerprint density at radius 1 is 0.955 bits per heavy atom. The molecule has 0 spiro atoms. The van der Waals surface area contributed by atoms with Crippen molar-refractivity contribution in [3.8, 4) is 0 Å². The predicted molar refractivity (Wildman–Crippen MR) is 77.4 cm³/mol. The molecule has 3 aromatic rings. The van der Waals surface area contributed by atoms with Crippen molar-refractivity contribution in [3.05, 3.63) is 65.6 Å². The Balaban J connectivity index is 1.73. The van der Waals surface area contributed by atoms with E-state index in [-0.39, 0.29) is 11.3 Å². The molecule has 3 rings (SSSR count). The first-order valence-electron chi connectivity index (χ1n) is 6.45. The molecule has 2 aromatic carbocycles. The number of H-pyrrole nitrogens is 1. The van der Waals surface area contributed by atoms with Crippen LogP contribution in [-0.4, -0.2) is 22.0 Å². The van der Waals surface area contributed by atoms with Crippen LogP contribution in [0, 0.1) is 5.82 Å². The quantitative estimate of drug-likeness (QED) is 0.630. The maximum Gasteiger partial charge on any atom is 0.290 e. The Bertz CT molecular complexity index is 859. The highest BCUT2D eigenvalue weighted by Gasteiger charge is 2.16. The van der Waals surface area contributed by atoms with E-state index < -0.39 is 17.6 Å². The number of aromatic nitrogens is 2. The Morgan fingerprint density at radius 3 is 2.45 bits per heavy atom. The third-order valence-corrected chi connectivity index (χ3v) is 3.09. The van der Waals surface area contributed by atoms with E-state index in [1.807, 2.05) is 6.07 Å². The van der Waals surface area contributed by atoms with Crippen LogP contribution in [0.5, 0.6) is 0 Å². The van der Waals surface area contributed by atoms with Gasteiger partial charge in [0.2, 0.25) is 0 Å². The number of carbonyl (C=O) groups excluding carboxylic acids is 2. The van der Waals surface area contributed by atoms with Crippen LogP contribution in [0.15, 0.2) is 48.5 Å². The number of para-hydroxylation sites is 1. The smallest absolute Gasteiger partial charge is 0.277 e. The number of carbonyl (C=O) groups is 2. The second-order valence-electron chi connectivity index (χ2n) is 4.51. The lowest BCUT2D eigenvalue weighted by atomic mass is 10.2. The highest BCUT2D eigenvalue weighted by atomic mass is 19.1. The first-order valence-corrected chi connectivity index (χ1v) is 6.45. The van der Waals surface area contributed by atoms with Gasteiger partial charge in [-0.25, -0.2) is 4.39 Å². The molecule has 7 heteroatoms. The minimum absolute atomic E-state index is 0.143. The van der Waals surface area contributed by atoms with Crippen molar-refractivity contribution in [3.63, 3.8) is 0 Å². The Morgan fingerprint density at radius 2 is 1.64 bits per heavy atom. The minimum Gasteiger partial charge on any atom is -0.277 e. The van der Waals surface area contributed by atoms with Crippen molar-refractivity contribution in [2.45, 2.75) is 0 Å². The van der Waals surface area contributed by atoms with Gasteiger partial charge in [0.15, 0.2) is 5.69 Å². The van der Waals surface area contributed by atoms with E-state index in [1.54, 1.807) is 18.2 Å². The van der Waals surface area contributed by atoms with Gasteiger partial charge in [0.05, 0.1) is 11.1 Å². The lowest BCUT2D eigenvalue weighted by Crippen LogP contribution is -2.42. The van der Waals surface area contributed by atoms with Crippen molar-refractivity contribution < 1.29 is 14.0 Å². The highest BCUT2D eigenvalue weighted by Crippen LogP contribution is 2.14. The molecule has 1 aromatic heterocycles. The van der Waals surface area contributed by atoms with Crippen LogP contribution in [0.4, 0.5) is 4.39 Å². The Kier molecular flexibility index (Phi) is 3.53. The summed E-state index contributed by atoms with van der Waals surface area (Å²) in [4.78, 5) is 23.8. The molecule has 0 atom stereocenters. The number of nitrogens with one attached hydrogen (secondary N) is 3. The molecule has 0 saturated heterocycles. The summed E-state index contributed by atoms with van der Waals surface area (Å²) in [6.07, 6.45) is 0. The van der Waals surface area contributed by atoms with Gasteiger partial charge in [-0.3, -0.25) is 25.5 Å². The summed E-state index contributed by atoms with van der Waals surface area (Å²) in [5.74, 6) is -2.01. The van der Waals surface area contributed by atoms with Crippen LogP contribution in [0.1, 0.15) is 20.8 Å². The van der Waals surface area contributed by atoms with E-state index in [1.165, 1.54) is 18.2 Å². The molecule has 2 amide bonds. The van der Waals surface area contributed by atoms with Crippen LogP contribution in [0.25, 0.3) is 10.9 Å². The lowest BCUT2D eigenvalue weighted by Gasteiger charge is -2.06. The Hall–Kier alpha value is -3.22. The maximum atomic E-state index is 13.5. The number of halogens is 1. The Labute approximate surface area is 124 Å². The average molecular weight is 298 g/mol. The van der Waals surface area contributed by atoms with Gasteiger partial charge in [0, 0.05) is 5.39 Å². The van der Waals surface area contributed by atoms with E-state index in [2.05, 4.69) is 21.0 Å². The summed E-state index contributed by atoms with van der Waals surface area (Å²) in [6.45, 7) is 0. The van der Waals surface area contributed by atoms with Gasteiger partial charge in [-0.15, -0.1) is 0 Å².